The molecule has 6 nitrogen and oxygen atoms in total. The summed E-state index contributed by atoms with van der Waals surface area (Å²) in [6.07, 6.45) is 3.40. The number of hydrogen-bond acceptors (Lipinski definition) is 4. The average Bonchev–Trinajstić information content (AvgIpc) is 2.70. The van der Waals surface area contributed by atoms with Crippen molar-refractivity contribution in [2.24, 2.45) is 18.9 Å². The Kier molecular flexibility index (Phi) is 4.54. The van der Waals surface area contributed by atoms with Crippen molar-refractivity contribution in [2.75, 3.05) is 5.32 Å². The van der Waals surface area contributed by atoms with Crippen LogP contribution in [0.5, 0.6) is 0 Å². The van der Waals surface area contributed by atoms with E-state index in [-0.39, 0.29) is 22.6 Å². The van der Waals surface area contributed by atoms with Gasteiger partial charge in [0.1, 0.15) is 5.69 Å². The fourth-order valence-corrected chi connectivity index (χ4v) is 3.32. The summed E-state index contributed by atoms with van der Waals surface area (Å²) in [5, 5.41) is 19.2. The summed E-state index contributed by atoms with van der Waals surface area (Å²) in [7, 11) is 1.78. The molecule has 3 unspecified atom stereocenters. The Hall–Kier alpha value is -1.59. The molecule has 0 spiro atoms. The highest BCUT2D eigenvalue weighted by Gasteiger charge is 2.32. The van der Waals surface area contributed by atoms with Gasteiger partial charge in [0.05, 0.1) is 4.92 Å². The Morgan fingerprint density at radius 1 is 1.38 bits per heavy atom. The Morgan fingerprint density at radius 2 is 2.05 bits per heavy atom. The molecular weight excluding hydrogens is 268 g/mol. The monoisotopic (exact) mass is 294 g/mol. The number of anilines is 1. The molecule has 0 aromatic carbocycles. The molecule has 1 saturated carbocycles. The SMILES string of the molecule is CC1CCC(Nc2c([N+](=O)[O-])c(C(C)C)nn2C)C(C)C1. The molecular formula is C15H26N4O2. The van der Waals surface area contributed by atoms with Crippen LogP contribution >= 0.6 is 0 Å². The molecule has 0 aliphatic heterocycles. The van der Waals surface area contributed by atoms with Crippen LogP contribution in [-0.2, 0) is 7.05 Å². The second-order valence-electron chi connectivity index (χ2n) is 6.76. The number of nitrogens with one attached hydrogen (secondary N) is 1. The Morgan fingerprint density at radius 3 is 2.57 bits per heavy atom. The fourth-order valence-electron chi connectivity index (χ4n) is 3.32. The van der Waals surface area contributed by atoms with Crippen molar-refractivity contribution >= 4 is 11.5 Å². The highest BCUT2D eigenvalue weighted by molar-refractivity contribution is 5.61. The number of nitro groups is 1. The topological polar surface area (TPSA) is 73.0 Å². The molecule has 1 heterocycles. The standard InChI is InChI=1S/C15H26N4O2/c1-9(2)13-14(19(20)21)15(18(5)17-13)16-12-7-6-10(3)8-11(12)4/h9-12,16H,6-8H2,1-5H3. The molecule has 2 rings (SSSR count). The summed E-state index contributed by atoms with van der Waals surface area (Å²) in [5.41, 5.74) is 0.695. The van der Waals surface area contributed by atoms with E-state index in [1.54, 1.807) is 11.7 Å². The lowest BCUT2D eigenvalue weighted by Gasteiger charge is -2.33. The van der Waals surface area contributed by atoms with Crippen molar-refractivity contribution in [3.63, 3.8) is 0 Å². The molecule has 0 amide bonds. The van der Waals surface area contributed by atoms with Crippen molar-refractivity contribution < 1.29 is 4.92 Å². The molecule has 6 heteroatoms. The summed E-state index contributed by atoms with van der Waals surface area (Å²) >= 11 is 0. The quantitative estimate of drug-likeness (QED) is 0.679. The van der Waals surface area contributed by atoms with Gasteiger partial charge in [-0.2, -0.15) is 5.10 Å². The molecule has 0 bridgehead atoms. The molecule has 1 N–H and O–H groups in total. The zero-order chi connectivity index (χ0) is 15.7. The molecule has 1 fully saturated rings. The molecule has 1 aliphatic rings. The van der Waals surface area contributed by atoms with E-state index in [0.717, 1.165) is 12.3 Å². The van der Waals surface area contributed by atoms with E-state index >= 15 is 0 Å². The van der Waals surface area contributed by atoms with Gasteiger partial charge < -0.3 is 5.32 Å². The van der Waals surface area contributed by atoms with Gasteiger partial charge in [0.25, 0.3) is 0 Å². The molecule has 118 valence electrons. The first-order valence-corrected chi connectivity index (χ1v) is 7.79. The van der Waals surface area contributed by atoms with E-state index < -0.39 is 0 Å². The summed E-state index contributed by atoms with van der Waals surface area (Å²) in [4.78, 5) is 11.1. The maximum absolute atomic E-state index is 11.4. The van der Waals surface area contributed by atoms with Crippen molar-refractivity contribution in [3.8, 4) is 0 Å². The number of nitrogens with zero attached hydrogens (tertiary/aromatic N) is 3. The van der Waals surface area contributed by atoms with Crippen LogP contribution in [0.25, 0.3) is 0 Å². The van der Waals surface area contributed by atoms with Crippen LogP contribution in [0.3, 0.4) is 0 Å². The van der Waals surface area contributed by atoms with E-state index in [2.05, 4.69) is 24.3 Å². The molecule has 0 radical (unpaired) electrons. The number of aryl methyl sites for hydroxylation is 1. The van der Waals surface area contributed by atoms with Crippen LogP contribution < -0.4 is 5.32 Å². The fraction of sp³-hybridized carbons (Fsp3) is 0.800. The first kappa shape index (κ1) is 15.8. The average molecular weight is 294 g/mol. The summed E-state index contributed by atoms with van der Waals surface area (Å²) < 4.78 is 1.62. The maximum Gasteiger partial charge on any atom is 0.334 e. The molecule has 3 atom stereocenters. The Balaban J connectivity index is 2.29. The third-order valence-corrected chi connectivity index (χ3v) is 4.53. The largest absolute Gasteiger partial charge is 0.362 e. The number of rotatable bonds is 4. The van der Waals surface area contributed by atoms with Gasteiger partial charge in [0.2, 0.25) is 5.82 Å². The normalized spacial score (nSPS) is 26.1. The van der Waals surface area contributed by atoms with Crippen LogP contribution in [0.15, 0.2) is 0 Å². The van der Waals surface area contributed by atoms with Crippen LogP contribution in [-0.4, -0.2) is 20.7 Å². The second kappa shape index (κ2) is 6.03. The minimum absolute atomic E-state index is 0.0379. The summed E-state index contributed by atoms with van der Waals surface area (Å²) in [6.45, 7) is 8.36. The second-order valence-corrected chi connectivity index (χ2v) is 6.76. The molecule has 1 aromatic rings. The number of hydrogen-bond donors (Lipinski definition) is 1. The molecule has 0 saturated heterocycles. The van der Waals surface area contributed by atoms with Crippen LogP contribution in [0.1, 0.15) is 58.6 Å². The zero-order valence-electron chi connectivity index (χ0n) is 13.6. The van der Waals surface area contributed by atoms with Crippen LogP contribution in [0.4, 0.5) is 11.5 Å². The van der Waals surface area contributed by atoms with Crippen LogP contribution in [0, 0.1) is 22.0 Å². The van der Waals surface area contributed by atoms with E-state index in [4.69, 9.17) is 0 Å². The van der Waals surface area contributed by atoms with Crippen LogP contribution in [0.2, 0.25) is 0 Å². The van der Waals surface area contributed by atoms with E-state index in [1.807, 2.05) is 13.8 Å². The zero-order valence-corrected chi connectivity index (χ0v) is 13.6. The minimum atomic E-state index is -0.305. The third-order valence-electron chi connectivity index (χ3n) is 4.53. The number of aromatic nitrogens is 2. The molecule has 1 aromatic heterocycles. The predicted molar refractivity (Wildman–Crippen MR) is 83.5 cm³/mol. The van der Waals surface area contributed by atoms with Gasteiger partial charge in [-0.15, -0.1) is 0 Å². The van der Waals surface area contributed by atoms with Crippen molar-refractivity contribution in [1.82, 2.24) is 9.78 Å². The molecule has 21 heavy (non-hydrogen) atoms. The van der Waals surface area contributed by atoms with E-state index in [0.29, 0.717) is 17.4 Å². The first-order chi connectivity index (χ1) is 9.81. The van der Waals surface area contributed by atoms with Gasteiger partial charge in [-0.1, -0.05) is 27.7 Å². The summed E-state index contributed by atoms with van der Waals surface area (Å²) in [6, 6.07) is 0.287. The van der Waals surface area contributed by atoms with Gasteiger partial charge >= 0.3 is 5.69 Å². The lowest BCUT2D eigenvalue weighted by atomic mass is 9.80. The van der Waals surface area contributed by atoms with Gasteiger partial charge in [0, 0.05) is 19.0 Å². The highest BCUT2D eigenvalue weighted by Crippen LogP contribution is 2.36. The van der Waals surface area contributed by atoms with Crippen molar-refractivity contribution in [1.29, 1.82) is 0 Å². The van der Waals surface area contributed by atoms with Gasteiger partial charge in [-0.25, -0.2) is 4.68 Å². The smallest absolute Gasteiger partial charge is 0.334 e. The van der Waals surface area contributed by atoms with Crippen molar-refractivity contribution in [2.45, 2.75) is 58.9 Å². The minimum Gasteiger partial charge on any atom is -0.362 e. The Bertz CT molecular complexity index is 524. The van der Waals surface area contributed by atoms with Gasteiger partial charge in [-0.05, 0) is 31.1 Å². The lowest BCUT2D eigenvalue weighted by molar-refractivity contribution is -0.384. The van der Waals surface area contributed by atoms with E-state index in [9.17, 15) is 10.1 Å². The summed E-state index contributed by atoms with van der Waals surface area (Å²) in [5.74, 6) is 1.85. The maximum atomic E-state index is 11.4. The lowest BCUT2D eigenvalue weighted by Crippen LogP contribution is -2.33. The van der Waals surface area contributed by atoms with Crippen molar-refractivity contribution in [3.05, 3.63) is 15.8 Å². The third kappa shape index (κ3) is 3.19. The molecule has 1 aliphatic carbocycles. The predicted octanol–water partition coefficient (Wildman–Crippen LogP) is 3.69. The Labute approximate surface area is 126 Å². The highest BCUT2D eigenvalue weighted by atomic mass is 16.6. The van der Waals surface area contributed by atoms with Gasteiger partial charge in [-0.3, -0.25) is 10.1 Å². The van der Waals surface area contributed by atoms with Gasteiger partial charge in [0.15, 0.2) is 0 Å². The van der Waals surface area contributed by atoms with E-state index in [1.165, 1.54) is 12.8 Å². The first-order valence-electron chi connectivity index (χ1n) is 7.79.